The lowest BCUT2D eigenvalue weighted by atomic mass is 9.97. The van der Waals surface area contributed by atoms with Crippen LogP contribution < -0.4 is 0 Å². The molecule has 2 nitrogen and oxygen atoms in total. The van der Waals surface area contributed by atoms with E-state index in [0.29, 0.717) is 0 Å². The van der Waals surface area contributed by atoms with Crippen molar-refractivity contribution in [2.75, 3.05) is 0 Å². The molecule has 0 fully saturated rings. The Hall–Kier alpha value is -2.31. The number of pyridine rings is 2. The molecule has 2 aromatic heterocycles. The van der Waals surface area contributed by atoms with Crippen molar-refractivity contribution in [3.8, 4) is 22.6 Å². The van der Waals surface area contributed by atoms with Crippen molar-refractivity contribution in [1.82, 2.24) is 9.97 Å². The molecule has 0 unspecified atom stereocenters. The average Bonchev–Trinajstić information content (AvgIpc) is 2.80. The molecule has 0 radical (unpaired) electrons. The third-order valence-corrected chi connectivity index (χ3v) is 7.22. The summed E-state index contributed by atoms with van der Waals surface area (Å²) in [5.74, 6) is 0. The van der Waals surface area contributed by atoms with Crippen LogP contribution in [0.3, 0.4) is 0 Å². The smallest absolute Gasteiger partial charge is 0.0893 e. The molecule has 0 saturated carbocycles. The zero-order chi connectivity index (χ0) is 20.7. The summed E-state index contributed by atoms with van der Waals surface area (Å²) in [5.41, 5.74) is 6.52. The summed E-state index contributed by atoms with van der Waals surface area (Å²) in [6.07, 6.45) is 9.79. The Morgan fingerprint density at radius 3 is 2.17 bits per heavy atom. The van der Waals surface area contributed by atoms with Crippen molar-refractivity contribution < 1.29 is 0 Å². The predicted octanol–water partition coefficient (Wildman–Crippen LogP) is 7.55. The lowest BCUT2D eigenvalue weighted by Crippen LogP contribution is -2.18. The molecule has 3 aromatic rings. The molecule has 0 aliphatic heterocycles. The summed E-state index contributed by atoms with van der Waals surface area (Å²) in [6.45, 7) is 6.68. The Labute approximate surface area is 177 Å². The van der Waals surface area contributed by atoms with Crippen molar-refractivity contribution in [2.45, 2.75) is 58.0 Å². The number of aromatic nitrogens is 2. The average molecular weight is 403 g/mol. The van der Waals surface area contributed by atoms with Crippen molar-refractivity contribution in [3.05, 3.63) is 71.9 Å². The second-order valence-corrected chi connectivity index (χ2v) is 8.69. The summed E-state index contributed by atoms with van der Waals surface area (Å²) < 4.78 is 0. The molecule has 0 saturated heterocycles. The van der Waals surface area contributed by atoms with Crippen molar-refractivity contribution in [2.24, 2.45) is 0 Å². The highest BCUT2D eigenvalue weighted by atomic mass is 31.1. The summed E-state index contributed by atoms with van der Waals surface area (Å²) >= 11 is 0. The minimum atomic E-state index is 0.0151. The fourth-order valence-electron chi connectivity index (χ4n) is 3.76. The van der Waals surface area contributed by atoms with Gasteiger partial charge >= 0.3 is 0 Å². The van der Waals surface area contributed by atoms with Gasteiger partial charge in [-0.2, -0.15) is 0 Å². The van der Waals surface area contributed by atoms with Gasteiger partial charge in [0.25, 0.3) is 0 Å². The molecule has 3 rings (SSSR count). The summed E-state index contributed by atoms with van der Waals surface area (Å²) in [4.78, 5) is 9.97. The molecule has 1 aromatic carbocycles. The van der Waals surface area contributed by atoms with E-state index in [0.717, 1.165) is 50.2 Å². The Bertz CT molecular complexity index is 960. The first kappa shape index (κ1) is 21.4. The largest absolute Gasteiger partial charge is 0.250 e. The predicted molar refractivity (Wildman–Crippen MR) is 128 cm³/mol. The zero-order valence-electron chi connectivity index (χ0n) is 17.9. The third-order valence-electron chi connectivity index (χ3n) is 5.75. The van der Waals surface area contributed by atoms with E-state index in [1.54, 1.807) is 0 Å². The van der Waals surface area contributed by atoms with Crippen LogP contribution in [0.4, 0.5) is 0 Å². The van der Waals surface area contributed by atoms with Crippen LogP contribution in [0.1, 0.15) is 57.7 Å². The molecular weight excluding hydrogens is 371 g/mol. The van der Waals surface area contributed by atoms with Crippen molar-refractivity contribution in [3.63, 3.8) is 0 Å². The standard InChI is InChI=1S/C26H31N2P/c1-5-8-12-20-13-9-14-21(19-20)22-15-10-16-23(27-22)24-17-11-18-25(28-24)26(6-2,7-3)29-4/h9-11,13-19H,4-8,12H2,1-3H3. The number of unbranched alkanes of at least 4 members (excludes halogenated alkanes) is 1. The zero-order valence-corrected chi connectivity index (χ0v) is 18.8. The molecule has 150 valence electrons. The molecule has 0 bridgehead atoms. The van der Waals surface area contributed by atoms with Gasteiger partial charge in [0.05, 0.1) is 27.9 Å². The third kappa shape index (κ3) is 4.82. The minimum absolute atomic E-state index is 0.0151. The van der Waals surface area contributed by atoms with Gasteiger partial charge in [-0.15, -0.1) is 0 Å². The van der Waals surface area contributed by atoms with E-state index in [-0.39, 0.29) is 5.16 Å². The first-order valence-corrected chi connectivity index (χ1v) is 11.8. The highest BCUT2D eigenvalue weighted by Gasteiger charge is 2.27. The van der Waals surface area contributed by atoms with Crippen LogP contribution >= 0.6 is 8.20 Å². The first-order chi connectivity index (χ1) is 14.2. The summed E-state index contributed by atoms with van der Waals surface area (Å²) in [7, 11) is 1.12. The van der Waals surface area contributed by atoms with Gasteiger partial charge in [-0.25, -0.2) is 9.97 Å². The molecule has 3 heteroatoms. The van der Waals surface area contributed by atoms with Gasteiger partial charge in [0.1, 0.15) is 0 Å². The van der Waals surface area contributed by atoms with E-state index in [2.05, 4.69) is 87.7 Å². The maximum absolute atomic E-state index is 5.01. The second-order valence-electron chi connectivity index (χ2n) is 7.52. The van der Waals surface area contributed by atoms with Crippen LogP contribution in [0.25, 0.3) is 22.6 Å². The van der Waals surface area contributed by atoms with Crippen LogP contribution in [0.2, 0.25) is 0 Å². The molecule has 0 aliphatic rings. The van der Waals surface area contributed by atoms with E-state index < -0.39 is 0 Å². The van der Waals surface area contributed by atoms with E-state index in [9.17, 15) is 0 Å². The van der Waals surface area contributed by atoms with Crippen LogP contribution in [0.5, 0.6) is 0 Å². The van der Waals surface area contributed by atoms with Gasteiger partial charge < -0.3 is 0 Å². The van der Waals surface area contributed by atoms with E-state index in [1.807, 2.05) is 0 Å². The highest BCUT2D eigenvalue weighted by molar-refractivity contribution is 7.38. The van der Waals surface area contributed by atoms with Crippen molar-refractivity contribution >= 4 is 14.5 Å². The van der Waals surface area contributed by atoms with Gasteiger partial charge in [0.15, 0.2) is 0 Å². The van der Waals surface area contributed by atoms with Crippen LogP contribution in [-0.2, 0) is 11.6 Å². The highest BCUT2D eigenvalue weighted by Crippen LogP contribution is 2.40. The molecule has 2 heterocycles. The van der Waals surface area contributed by atoms with Crippen LogP contribution in [0.15, 0.2) is 60.7 Å². The number of benzene rings is 1. The number of hydrogen-bond donors (Lipinski definition) is 0. The summed E-state index contributed by atoms with van der Waals surface area (Å²) in [5, 5.41) is 0.0151. The second kappa shape index (κ2) is 9.94. The maximum atomic E-state index is 5.01. The van der Waals surface area contributed by atoms with Gasteiger partial charge in [0.2, 0.25) is 0 Å². The molecule has 29 heavy (non-hydrogen) atoms. The van der Waals surface area contributed by atoms with Crippen molar-refractivity contribution in [1.29, 1.82) is 0 Å². The fraction of sp³-hybridized carbons (Fsp3) is 0.346. The fourth-order valence-corrected chi connectivity index (χ4v) is 4.49. The lowest BCUT2D eigenvalue weighted by Gasteiger charge is -2.26. The molecule has 0 atom stereocenters. The summed E-state index contributed by atoms with van der Waals surface area (Å²) in [6, 6.07) is 21.3. The number of aryl methyl sites for hydroxylation is 1. The van der Waals surface area contributed by atoms with E-state index in [1.165, 1.54) is 24.0 Å². The number of rotatable bonds is 9. The first-order valence-electron chi connectivity index (χ1n) is 10.7. The lowest BCUT2D eigenvalue weighted by molar-refractivity contribution is 0.561. The van der Waals surface area contributed by atoms with Gasteiger partial charge in [-0.3, -0.25) is 0 Å². The minimum Gasteiger partial charge on any atom is -0.250 e. The Morgan fingerprint density at radius 1 is 0.828 bits per heavy atom. The Kier molecular flexibility index (Phi) is 7.34. The molecule has 0 spiro atoms. The SMILES string of the molecule is C=PC(CC)(CC)c1cccc(-c2cccc(-c3cccc(CCCC)c3)n2)n1. The van der Waals surface area contributed by atoms with Gasteiger partial charge in [0, 0.05) is 5.56 Å². The number of hydrogen-bond acceptors (Lipinski definition) is 2. The molecule has 0 N–H and O–H groups in total. The quantitative estimate of drug-likeness (QED) is 0.345. The maximum Gasteiger partial charge on any atom is 0.0893 e. The van der Waals surface area contributed by atoms with Gasteiger partial charge in [-0.1, -0.05) is 72.0 Å². The topological polar surface area (TPSA) is 25.8 Å². The molecular formula is C26H31N2P. The van der Waals surface area contributed by atoms with Gasteiger partial charge in [-0.05, 0) is 61.6 Å². The normalized spacial score (nSPS) is 11.7. The number of nitrogens with zero attached hydrogens (tertiary/aromatic N) is 2. The molecule has 0 amide bonds. The van der Waals surface area contributed by atoms with Crippen LogP contribution in [-0.4, -0.2) is 16.3 Å². The Balaban J connectivity index is 1.97. The molecule has 0 aliphatic carbocycles. The van der Waals surface area contributed by atoms with E-state index >= 15 is 0 Å². The Morgan fingerprint density at radius 2 is 1.48 bits per heavy atom. The van der Waals surface area contributed by atoms with E-state index in [4.69, 9.17) is 9.97 Å². The van der Waals surface area contributed by atoms with Crippen LogP contribution in [0, 0.1) is 0 Å². The monoisotopic (exact) mass is 402 g/mol.